The maximum Gasteiger partial charge on any atom is 0.338 e. The fraction of sp³-hybridized carbons (Fsp3) is 0.500. The van der Waals surface area contributed by atoms with Crippen LogP contribution in [-0.4, -0.2) is 33.7 Å². The van der Waals surface area contributed by atoms with Crippen molar-refractivity contribution in [3.05, 3.63) is 29.3 Å². The van der Waals surface area contributed by atoms with Gasteiger partial charge in [0.25, 0.3) is 9.05 Å². The van der Waals surface area contributed by atoms with E-state index in [9.17, 15) is 13.2 Å². The van der Waals surface area contributed by atoms with Crippen LogP contribution in [0.5, 0.6) is 0 Å². The van der Waals surface area contributed by atoms with Crippen molar-refractivity contribution in [1.82, 2.24) is 0 Å². The third kappa shape index (κ3) is 5.65. The minimum atomic E-state index is -3.88. The highest BCUT2D eigenvalue weighted by Crippen LogP contribution is 2.20. The summed E-state index contributed by atoms with van der Waals surface area (Å²) in [6.45, 7) is 5.62. The Morgan fingerprint density at radius 2 is 1.90 bits per heavy atom. The normalized spacial score (nSPS) is 12.2. The summed E-state index contributed by atoms with van der Waals surface area (Å²) in [6.07, 6.45) is 0.529. The molecule has 0 amide bonds. The fourth-order valence-corrected chi connectivity index (χ4v) is 2.44. The lowest BCUT2D eigenvalue weighted by atomic mass is 10.1. The number of aryl methyl sites for hydroxylation is 1. The molecule has 0 heterocycles. The first-order chi connectivity index (χ1) is 9.55. The number of carbonyl (C=O) groups excluding carboxylic acids is 1. The smallest absolute Gasteiger partial charge is 0.338 e. The van der Waals surface area contributed by atoms with Crippen molar-refractivity contribution >= 4 is 25.7 Å². The summed E-state index contributed by atoms with van der Waals surface area (Å²) >= 11 is 0. The van der Waals surface area contributed by atoms with Gasteiger partial charge in [-0.15, -0.1) is 0 Å². The maximum atomic E-state index is 11.9. The molecule has 0 aromatic heterocycles. The summed E-state index contributed by atoms with van der Waals surface area (Å²) in [5.41, 5.74) is 0.377. The van der Waals surface area contributed by atoms with Crippen LogP contribution in [0.3, 0.4) is 0 Å². The van der Waals surface area contributed by atoms with E-state index in [4.69, 9.17) is 20.2 Å². The molecule has 21 heavy (non-hydrogen) atoms. The molecule has 0 saturated heterocycles. The molecule has 0 radical (unpaired) electrons. The molecular formula is C14H19ClO5S. The van der Waals surface area contributed by atoms with Crippen molar-refractivity contribution in [2.45, 2.75) is 37.7 Å². The van der Waals surface area contributed by atoms with E-state index in [1.165, 1.54) is 12.1 Å². The Hall–Kier alpha value is -1.11. The van der Waals surface area contributed by atoms with Gasteiger partial charge in [-0.3, -0.25) is 0 Å². The van der Waals surface area contributed by atoms with Crippen LogP contribution >= 0.6 is 10.7 Å². The molecule has 0 aliphatic rings. The summed E-state index contributed by atoms with van der Waals surface area (Å²) in [5.74, 6) is -0.591. The van der Waals surface area contributed by atoms with Gasteiger partial charge in [0.1, 0.15) is 0 Å². The minimum Gasteiger partial charge on any atom is -0.462 e. The number of ether oxygens (including phenoxy) is 2. The summed E-state index contributed by atoms with van der Waals surface area (Å²) in [4.78, 5) is 11.8. The molecule has 118 valence electrons. The first-order valence-electron chi connectivity index (χ1n) is 6.34. The van der Waals surface area contributed by atoms with Crippen LogP contribution < -0.4 is 0 Å². The van der Waals surface area contributed by atoms with Gasteiger partial charge in [0, 0.05) is 24.2 Å². The summed E-state index contributed by atoms with van der Waals surface area (Å²) in [5, 5.41) is 0. The molecule has 0 spiro atoms. The summed E-state index contributed by atoms with van der Waals surface area (Å²) in [7, 11) is 2.99. The Labute approximate surface area is 129 Å². The first-order valence-corrected chi connectivity index (χ1v) is 8.65. The Bertz CT molecular complexity index is 622. The van der Waals surface area contributed by atoms with Crippen molar-refractivity contribution in [3.8, 4) is 0 Å². The van der Waals surface area contributed by atoms with E-state index < -0.39 is 20.6 Å². The van der Waals surface area contributed by atoms with Crippen molar-refractivity contribution < 1.29 is 22.7 Å². The molecular weight excluding hydrogens is 316 g/mol. The van der Waals surface area contributed by atoms with Crippen molar-refractivity contribution in [2.24, 2.45) is 0 Å². The largest absolute Gasteiger partial charge is 0.462 e. The van der Waals surface area contributed by atoms with Crippen LogP contribution in [0.2, 0.25) is 0 Å². The highest BCUT2D eigenvalue weighted by atomic mass is 35.7. The number of esters is 1. The van der Waals surface area contributed by atoms with E-state index in [2.05, 4.69) is 0 Å². The highest BCUT2D eigenvalue weighted by molar-refractivity contribution is 8.13. The molecule has 1 aromatic rings. The third-order valence-electron chi connectivity index (χ3n) is 3.06. The highest BCUT2D eigenvalue weighted by Gasteiger charge is 2.19. The van der Waals surface area contributed by atoms with Crippen LogP contribution in [-0.2, 0) is 18.5 Å². The van der Waals surface area contributed by atoms with Gasteiger partial charge in [-0.1, -0.05) is 0 Å². The van der Waals surface area contributed by atoms with Gasteiger partial charge >= 0.3 is 5.97 Å². The Kier molecular flexibility index (Phi) is 5.78. The number of halogens is 1. The standard InChI is InChI=1S/C14H19ClO5S/c1-10-7-11(9-12(8-10)21(15,17)18)13(16)20-6-5-14(2,3)19-4/h7-9H,5-6H2,1-4H3. The van der Waals surface area contributed by atoms with E-state index in [1.807, 2.05) is 13.8 Å². The third-order valence-corrected chi connectivity index (χ3v) is 4.39. The van der Waals surface area contributed by atoms with Crippen LogP contribution in [0.4, 0.5) is 0 Å². The fourth-order valence-electron chi connectivity index (χ4n) is 1.58. The van der Waals surface area contributed by atoms with Gasteiger partial charge in [0.2, 0.25) is 0 Å². The molecule has 5 nitrogen and oxygen atoms in total. The molecule has 0 saturated carbocycles. The van der Waals surface area contributed by atoms with Gasteiger partial charge in [-0.05, 0) is 44.5 Å². The monoisotopic (exact) mass is 334 g/mol. The summed E-state index contributed by atoms with van der Waals surface area (Å²) < 4.78 is 33.0. The maximum absolute atomic E-state index is 11.9. The number of benzene rings is 1. The molecule has 0 fully saturated rings. The van der Waals surface area contributed by atoms with Crippen LogP contribution in [0, 0.1) is 6.92 Å². The quantitative estimate of drug-likeness (QED) is 0.591. The average molecular weight is 335 g/mol. The van der Waals surface area contributed by atoms with Gasteiger partial charge in [-0.2, -0.15) is 0 Å². The average Bonchev–Trinajstić information content (AvgIpc) is 2.36. The molecule has 1 aromatic carbocycles. The zero-order valence-electron chi connectivity index (χ0n) is 12.5. The van der Waals surface area contributed by atoms with Crippen molar-refractivity contribution in [1.29, 1.82) is 0 Å². The van der Waals surface area contributed by atoms with Crippen LogP contribution in [0.15, 0.2) is 23.1 Å². The molecule has 1 rings (SSSR count). The Morgan fingerprint density at radius 1 is 1.29 bits per heavy atom. The number of hydrogen-bond donors (Lipinski definition) is 0. The van der Waals surface area contributed by atoms with Crippen LogP contribution in [0.25, 0.3) is 0 Å². The van der Waals surface area contributed by atoms with Gasteiger partial charge in [0.15, 0.2) is 0 Å². The van der Waals surface area contributed by atoms with Crippen LogP contribution in [0.1, 0.15) is 36.2 Å². The van der Waals surface area contributed by atoms with E-state index >= 15 is 0 Å². The second-order valence-electron chi connectivity index (χ2n) is 5.32. The lowest BCUT2D eigenvalue weighted by Crippen LogP contribution is -2.25. The zero-order chi connectivity index (χ0) is 16.3. The lowest BCUT2D eigenvalue weighted by Gasteiger charge is -2.22. The molecule has 0 aliphatic carbocycles. The number of hydrogen-bond acceptors (Lipinski definition) is 5. The van der Waals surface area contributed by atoms with E-state index in [0.29, 0.717) is 12.0 Å². The Morgan fingerprint density at radius 3 is 2.43 bits per heavy atom. The van der Waals surface area contributed by atoms with Crippen molar-refractivity contribution in [2.75, 3.05) is 13.7 Å². The number of methoxy groups -OCH3 is 1. The second kappa shape index (κ2) is 6.77. The van der Waals surface area contributed by atoms with Gasteiger partial charge in [0.05, 0.1) is 22.7 Å². The minimum absolute atomic E-state index is 0.117. The topological polar surface area (TPSA) is 69.7 Å². The zero-order valence-corrected chi connectivity index (χ0v) is 14.0. The van der Waals surface area contributed by atoms with Gasteiger partial charge in [-0.25, -0.2) is 13.2 Å². The molecule has 7 heteroatoms. The molecule has 0 N–H and O–H groups in total. The predicted octanol–water partition coefficient (Wildman–Crippen LogP) is 2.89. The molecule has 0 bridgehead atoms. The van der Waals surface area contributed by atoms with Crippen molar-refractivity contribution in [3.63, 3.8) is 0 Å². The van der Waals surface area contributed by atoms with Gasteiger partial charge < -0.3 is 9.47 Å². The Balaban J connectivity index is 2.82. The SMILES string of the molecule is COC(C)(C)CCOC(=O)c1cc(C)cc(S(=O)(=O)Cl)c1. The first kappa shape index (κ1) is 17.9. The second-order valence-corrected chi connectivity index (χ2v) is 7.89. The predicted molar refractivity (Wildman–Crippen MR) is 80.2 cm³/mol. The van der Waals surface area contributed by atoms with E-state index in [0.717, 1.165) is 0 Å². The molecule has 0 aliphatic heterocycles. The van der Waals surface area contributed by atoms with E-state index in [-0.39, 0.29) is 17.1 Å². The summed E-state index contributed by atoms with van der Waals surface area (Å²) in [6, 6.07) is 4.15. The number of carbonyl (C=O) groups is 1. The number of rotatable bonds is 6. The molecule has 0 atom stereocenters. The molecule has 0 unspecified atom stereocenters. The van der Waals surface area contributed by atoms with E-state index in [1.54, 1.807) is 20.1 Å². The lowest BCUT2D eigenvalue weighted by molar-refractivity contribution is -0.00564.